The van der Waals surface area contributed by atoms with Gasteiger partial charge < -0.3 is 10.6 Å². The molecule has 0 saturated carbocycles. The van der Waals surface area contributed by atoms with E-state index in [2.05, 4.69) is 65.6 Å². The van der Waals surface area contributed by atoms with Crippen molar-refractivity contribution in [1.29, 1.82) is 0 Å². The fourth-order valence-electron chi connectivity index (χ4n) is 3.65. The van der Waals surface area contributed by atoms with Crippen LogP contribution in [0.15, 0.2) is 60.7 Å². The Labute approximate surface area is 144 Å². The second-order valence-electron chi connectivity index (χ2n) is 6.68. The van der Waals surface area contributed by atoms with Gasteiger partial charge in [-0.25, -0.2) is 0 Å². The summed E-state index contributed by atoms with van der Waals surface area (Å²) in [6.07, 6.45) is 2.89. The molecule has 1 heterocycles. The molecule has 0 atom stereocenters. The Morgan fingerprint density at radius 1 is 0.958 bits per heavy atom. The fraction of sp³-hybridized carbons (Fsp3) is 0.381. The Bertz CT molecular complexity index is 594. The van der Waals surface area contributed by atoms with Crippen molar-refractivity contribution in [3.8, 4) is 0 Å². The third-order valence-electron chi connectivity index (χ3n) is 5.13. The topological polar surface area (TPSA) is 46.3 Å². The molecule has 0 radical (unpaired) electrons. The van der Waals surface area contributed by atoms with E-state index >= 15 is 0 Å². The lowest BCUT2D eigenvalue weighted by Crippen LogP contribution is -2.39. The van der Waals surface area contributed by atoms with Crippen LogP contribution in [0.3, 0.4) is 0 Å². The fourth-order valence-corrected chi connectivity index (χ4v) is 3.65. The molecule has 1 aliphatic rings. The molecular weight excluding hydrogens is 296 g/mol. The molecule has 3 nitrogen and oxygen atoms in total. The minimum Gasteiger partial charge on any atom is -0.369 e. The Hall–Kier alpha value is -2.13. The highest BCUT2D eigenvalue weighted by Gasteiger charge is 2.24. The highest BCUT2D eigenvalue weighted by atomic mass is 16.1. The van der Waals surface area contributed by atoms with Crippen molar-refractivity contribution in [2.45, 2.75) is 25.2 Å². The molecule has 1 amide bonds. The van der Waals surface area contributed by atoms with E-state index in [0.29, 0.717) is 5.92 Å². The van der Waals surface area contributed by atoms with Crippen LogP contribution >= 0.6 is 0 Å². The molecule has 2 aromatic carbocycles. The minimum absolute atomic E-state index is 0.0697. The van der Waals surface area contributed by atoms with E-state index in [-0.39, 0.29) is 11.8 Å². The number of primary amides is 1. The average Bonchev–Trinajstić information content (AvgIpc) is 2.64. The monoisotopic (exact) mass is 322 g/mol. The van der Waals surface area contributed by atoms with Gasteiger partial charge in [-0.3, -0.25) is 4.79 Å². The zero-order valence-electron chi connectivity index (χ0n) is 14.1. The van der Waals surface area contributed by atoms with Gasteiger partial charge in [-0.1, -0.05) is 60.7 Å². The summed E-state index contributed by atoms with van der Waals surface area (Å²) in [6.45, 7) is 3.01. The maximum Gasteiger partial charge on any atom is 0.220 e. The van der Waals surface area contributed by atoms with Crippen LogP contribution in [0.1, 0.15) is 36.3 Å². The highest BCUT2D eigenvalue weighted by Crippen LogP contribution is 2.28. The van der Waals surface area contributed by atoms with Crippen molar-refractivity contribution in [1.82, 2.24) is 4.90 Å². The van der Waals surface area contributed by atoms with Gasteiger partial charge in [0, 0.05) is 11.8 Å². The summed E-state index contributed by atoms with van der Waals surface area (Å²) < 4.78 is 0. The predicted molar refractivity (Wildman–Crippen MR) is 97.7 cm³/mol. The van der Waals surface area contributed by atoms with Crippen molar-refractivity contribution in [2.75, 3.05) is 19.6 Å². The van der Waals surface area contributed by atoms with Crippen LogP contribution in [0.5, 0.6) is 0 Å². The molecule has 126 valence electrons. The molecule has 1 saturated heterocycles. The van der Waals surface area contributed by atoms with E-state index in [4.69, 9.17) is 5.73 Å². The van der Waals surface area contributed by atoms with Gasteiger partial charge in [0.25, 0.3) is 0 Å². The van der Waals surface area contributed by atoms with E-state index < -0.39 is 0 Å². The predicted octanol–water partition coefficient (Wildman–Crippen LogP) is 3.41. The molecule has 0 bridgehead atoms. The summed E-state index contributed by atoms with van der Waals surface area (Å²) in [4.78, 5) is 13.8. The standard InChI is InChI=1S/C21H26N2O/c22-21(24)19-11-14-23(15-12-19)16-13-20(17-7-3-1-4-8-17)18-9-5-2-6-10-18/h1-10,19-20H,11-16H2,(H2,22,24). The lowest BCUT2D eigenvalue weighted by atomic mass is 9.88. The normalized spacial score (nSPS) is 16.4. The van der Waals surface area contributed by atoms with Crippen LogP contribution in [-0.2, 0) is 4.79 Å². The van der Waals surface area contributed by atoms with Crippen molar-refractivity contribution < 1.29 is 4.79 Å². The summed E-state index contributed by atoms with van der Waals surface area (Å²) in [7, 11) is 0. The minimum atomic E-state index is -0.138. The van der Waals surface area contributed by atoms with Gasteiger partial charge in [-0.05, 0) is 50.0 Å². The van der Waals surface area contributed by atoms with Crippen LogP contribution in [-0.4, -0.2) is 30.4 Å². The van der Waals surface area contributed by atoms with Gasteiger partial charge >= 0.3 is 0 Å². The van der Waals surface area contributed by atoms with Crippen LogP contribution in [0, 0.1) is 5.92 Å². The first-order valence-corrected chi connectivity index (χ1v) is 8.85. The molecular formula is C21H26N2O. The quantitative estimate of drug-likeness (QED) is 0.886. The van der Waals surface area contributed by atoms with Crippen molar-refractivity contribution in [3.05, 3.63) is 71.8 Å². The molecule has 3 heteroatoms. The van der Waals surface area contributed by atoms with Crippen molar-refractivity contribution in [2.24, 2.45) is 11.7 Å². The lowest BCUT2D eigenvalue weighted by molar-refractivity contribution is -0.123. The van der Waals surface area contributed by atoms with Gasteiger partial charge in [0.05, 0.1) is 0 Å². The second-order valence-corrected chi connectivity index (χ2v) is 6.68. The maximum atomic E-state index is 11.3. The number of hydrogen-bond acceptors (Lipinski definition) is 2. The molecule has 1 aliphatic heterocycles. The Morgan fingerprint density at radius 2 is 1.46 bits per heavy atom. The zero-order valence-corrected chi connectivity index (χ0v) is 14.1. The van der Waals surface area contributed by atoms with Gasteiger partial charge in [0.1, 0.15) is 0 Å². The van der Waals surface area contributed by atoms with Crippen LogP contribution in [0.4, 0.5) is 0 Å². The number of nitrogens with two attached hydrogens (primary N) is 1. The second kappa shape index (κ2) is 8.11. The lowest BCUT2D eigenvalue weighted by Gasteiger charge is -2.31. The summed E-state index contributed by atoms with van der Waals surface area (Å²) in [6, 6.07) is 21.5. The Morgan fingerprint density at radius 3 is 1.92 bits per heavy atom. The largest absolute Gasteiger partial charge is 0.369 e. The number of hydrogen-bond donors (Lipinski definition) is 1. The number of nitrogens with zero attached hydrogens (tertiary/aromatic N) is 1. The molecule has 2 aromatic rings. The number of rotatable bonds is 6. The molecule has 1 fully saturated rings. The summed E-state index contributed by atoms with van der Waals surface area (Å²) in [5.41, 5.74) is 8.17. The van der Waals surface area contributed by atoms with E-state index in [1.54, 1.807) is 0 Å². The Kier molecular flexibility index (Phi) is 5.65. The molecule has 0 aliphatic carbocycles. The molecule has 2 N–H and O–H groups in total. The molecule has 0 unspecified atom stereocenters. The van der Waals surface area contributed by atoms with E-state index in [0.717, 1.165) is 38.9 Å². The van der Waals surface area contributed by atoms with Gasteiger partial charge in [0.2, 0.25) is 5.91 Å². The highest BCUT2D eigenvalue weighted by molar-refractivity contribution is 5.76. The number of amides is 1. The van der Waals surface area contributed by atoms with Gasteiger partial charge in [-0.15, -0.1) is 0 Å². The van der Waals surface area contributed by atoms with Crippen LogP contribution in [0.25, 0.3) is 0 Å². The average molecular weight is 322 g/mol. The number of carbonyl (C=O) groups excluding carboxylic acids is 1. The molecule has 0 spiro atoms. The number of benzene rings is 2. The molecule has 3 rings (SSSR count). The maximum absolute atomic E-state index is 11.3. The number of carbonyl (C=O) groups is 1. The summed E-state index contributed by atoms with van der Waals surface area (Å²) >= 11 is 0. The first kappa shape index (κ1) is 16.7. The first-order valence-electron chi connectivity index (χ1n) is 8.85. The molecule has 0 aromatic heterocycles. The number of likely N-dealkylation sites (tertiary alicyclic amines) is 1. The smallest absolute Gasteiger partial charge is 0.220 e. The third-order valence-corrected chi connectivity index (χ3v) is 5.13. The van der Waals surface area contributed by atoms with Crippen molar-refractivity contribution >= 4 is 5.91 Å². The van der Waals surface area contributed by atoms with Crippen molar-refractivity contribution in [3.63, 3.8) is 0 Å². The third kappa shape index (κ3) is 4.24. The summed E-state index contributed by atoms with van der Waals surface area (Å²) in [5, 5.41) is 0. The van der Waals surface area contributed by atoms with Crippen LogP contribution < -0.4 is 5.73 Å². The van der Waals surface area contributed by atoms with Gasteiger partial charge in [0.15, 0.2) is 0 Å². The van der Waals surface area contributed by atoms with Gasteiger partial charge in [-0.2, -0.15) is 0 Å². The molecule has 24 heavy (non-hydrogen) atoms. The Balaban J connectivity index is 1.64. The first-order chi connectivity index (χ1) is 11.7. The summed E-state index contributed by atoms with van der Waals surface area (Å²) in [5.74, 6) is 0.350. The van der Waals surface area contributed by atoms with E-state index in [1.807, 2.05) is 0 Å². The van der Waals surface area contributed by atoms with E-state index in [9.17, 15) is 4.79 Å². The number of piperidine rings is 1. The SMILES string of the molecule is NC(=O)C1CCN(CCC(c2ccccc2)c2ccccc2)CC1. The zero-order chi connectivity index (χ0) is 16.8. The van der Waals surface area contributed by atoms with E-state index in [1.165, 1.54) is 11.1 Å². The van der Waals surface area contributed by atoms with Crippen LogP contribution in [0.2, 0.25) is 0 Å².